The van der Waals surface area contributed by atoms with E-state index >= 15 is 0 Å². The molecular formula is C20H11F6N5O2. The third-order valence-corrected chi connectivity index (χ3v) is 4.66. The number of nitrogens with zero attached hydrogens (tertiary/aromatic N) is 2. The zero-order chi connectivity index (χ0) is 24.0. The molecule has 1 amide bonds. The van der Waals surface area contributed by atoms with Crippen molar-refractivity contribution in [3.63, 3.8) is 0 Å². The number of rotatable bonds is 3. The molecule has 0 unspecified atom stereocenters. The van der Waals surface area contributed by atoms with E-state index in [1.54, 1.807) is 5.10 Å². The predicted molar refractivity (Wildman–Crippen MR) is 104 cm³/mol. The average molecular weight is 467 g/mol. The molecule has 7 nitrogen and oxygen atoms in total. The molecule has 4 rings (SSSR count). The van der Waals surface area contributed by atoms with Crippen LogP contribution in [0.2, 0.25) is 0 Å². The highest BCUT2D eigenvalue weighted by molar-refractivity contribution is 6.11. The molecule has 0 saturated heterocycles. The molecule has 0 aliphatic rings. The minimum atomic E-state index is -5.03. The van der Waals surface area contributed by atoms with E-state index in [-0.39, 0.29) is 16.3 Å². The van der Waals surface area contributed by atoms with Gasteiger partial charge in [-0.15, -0.1) is 0 Å². The summed E-state index contributed by atoms with van der Waals surface area (Å²) >= 11 is 0. The topological polar surface area (TPSA) is 104 Å². The van der Waals surface area contributed by atoms with Gasteiger partial charge in [0, 0.05) is 29.0 Å². The molecule has 0 bridgehead atoms. The van der Waals surface area contributed by atoms with Crippen LogP contribution in [0.4, 0.5) is 32.0 Å². The van der Waals surface area contributed by atoms with Gasteiger partial charge in [-0.1, -0.05) is 12.1 Å². The van der Waals surface area contributed by atoms with Crippen LogP contribution in [0.3, 0.4) is 0 Å². The molecule has 33 heavy (non-hydrogen) atoms. The number of aromatic nitrogens is 4. The number of halogens is 6. The van der Waals surface area contributed by atoms with Crippen LogP contribution in [0, 0.1) is 0 Å². The van der Waals surface area contributed by atoms with Gasteiger partial charge in [-0.3, -0.25) is 19.7 Å². The van der Waals surface area contributed by atoms with Crippen LogP contribution < -0.4 is 10.9 Å². The van der Waals surface area contributed by atoms with Gasteiger partial charge < -0.3 is 10.3 Å². The summed E-state index contributed by atoms with van der Waals surface area (Å²) in [5.74, 6) is -1.35. The quantitative estimate of drug-likeness (QED) is 0.383. The molecular weight excluding hydrogens is 456 g/mol. The number of benzene rings is 1. The van der Waals surface area contributed by atoms with Crippen molar-refractivity contribution in [1.29, 1.82) is 0 Å². The lowest BCUT2D eigenvalue weighted by Gasteiger charge is -2.12. The monoisotopic (exact) mass is 467 g/mol. The first-order valence-electron chi connectivity index (χ1n) is 9.08. The number of H-pyrrole nitrogens is 2. The number of anilines is 1. The molecule has 0 atom stereocenters. The Morgan fingerprint density at radius 3 is 2.42 bits per heavy atom. The fourth-order valence-electron chi connectivity index (χ4n) is 3.25. The lowest BCUT2D eigenvalue weighted by molar-refractivity contribution is -0.142. The van der Waals surface area contributed by atoms with Crippen molar-refractivity contribution in [2.75, 3.05) is 5.32 Å². The van der Waals surface area contributed by atoms with Crippen molar-refractivity contribution in [1.82, 2.24) is 20.2 Å². The maximum atomic E-state index is 13.6. The van der Waals surface area contributed by atoms with E-state index in [1.165, 1.54) is 30.5 Å². The largest absolute Gasteiger partial charge is 0.433 e. The number of hydrogen-bond acceptors (Lipinski definition) is 4. The number of aromatic amines is 2. The van der Waals surface area contributed by atoms with Gasteiger partial charge in [-0.05, 0) is 29.7 Å². The molecule has 4 aromatic rings. The maximum absolute atomic E-state index is 13.6. The summed E-state index contributed by atoms with van der Waals surface area (Å²) in [6.45, 7) is 0. The first-order valence-corrected chi connectivity index (χ1v) is 9.08. The standard InChI is InChI=1S/C20H11F6N5O2/c21-19(22,23)13-8-9(4-6-27-13)29-18(33)14-15(30-31-16(14)20(24,25)26)11-2-1-3-12-10(11)5-7-28-17(12)32/h1-8H,(H,28,32)(H,30,31)(H,27,29,33). The molecule has 13 heteroatoms. The number of nitrogens with one attached hydrogen (secondary N) is 3. The summed E-state index contributed by atoms with van der Waals surface area (Å²) in [6.07, 6.45) is -7.82. The van der Waals surface area contributed by atoms with Crippen LogP contribution in [0.1, 0.15) is 21.7 Å². The summed E-state index contributed by atoms with van der Waals surface area (Å²) in [6, 6.07) is 7.11. The third-order valence-electron chi connectivity index (χ3n) is 4.66. The Morgan fingerprint density at radius 2 is 1.73 bits per heavy atom. The van der Waals surface area contributed by atoms with Crippen molar-refractivity contribution < 1.29 is 31.1 Å². The molecule has 0 spiro atoms. The zero-order valence-corrected chi connectivity index (χ0v) is 16.1. The summed E-state index contributed by atoms with van der Waals surface area (Å²) in [5.41, 5.74) is -5.10. The molecule has 0 aliphatic carbocycles. The zero-order valence-electron chi connectivity index (χ0n) is 16.1. The predicted octanol–water partition coefficient (Wildman–Crippen LogP) is 4.60. The maximum Gasteiger partial charge on any atom is 0.433 e. The van der Waals surface area contributed by atoms with Crippen molar-refractivity contribution in [3.8, 4) is 11.3 Å². The molecule has 0 saturated carbocycles. The molecule has 170 valence electrons. The van der Waals surface area contributed by atoms with Gasteiger partial charge in [0.1, 0.15) is 11.4 Å². The Hall–Kier alpha value is -4.16. The van der Waals surface area contributed by atoms with Gasteiger partial charge in [0.15, 0.2) is 5.69 Å². The van der Waals surface area contributed by atoms with Crippen LogP contribution in [0.15, 0.2) is 53.6 Å². The van der Waals surface area contributed by atoms with E-state index < -0.39 is 52.2 Å². The van der Waals surface area contributed by atoms with Gasteiger partial charge in [-0.2, -0.15) is 31.4 Å². The Kier molecular flexibility index (Phi) is 5.18. The van der Waals surface area contributed by atoms with E-state index in [9.17, 15) is 35.9 Å². The van der Waals surface area contributed by atoms with Crippen LogP contribution in [0.25, 0.3) is 22.0 Å². The molecule has 3 N–H and O–H groups in total. The number of amides is 1. The highest BCUT2D eigenvalue weighted by Gasteiger charge is 2.40. The fraction of sp³-hybridized carbons (Fsp3) is 0.100. The van der Waals surface area contributed by atoms with E-state index in [0.717, 1.165) is 12.3 Å². The Balaban J connectivity index is 1.86. The van der Waals surface area contributed by atoms with Gasteiger partial charge in [-0.25, -0.2) is 0 Å². The average Bonchev–Trinajstić information content (AvgIpc) is 3.19. The summed E-state index contributed by atoms with van der Waals surface area (Å²) in [4.78, 5) is 30.5. The second-order valence-corrected chi connectivity index (χ2v) is 6.78. The molecule has 0 radical (unpaired) electrons. The minimum Gasteiger partial charge on any atom is -0.329 e. The number of pyridine rings is 2. The van der Waals surface area contributed by atoms with Crippen molar-refractivity contribution in [2.24, 2.45) is 0 Å². The summed E-state index contributed by atoms with van der Waals surface area (Å²) < 4.78 is 79.5. The van der Waals surface area contributed by atoms with Gasteiger partial charge in [0.05, 0.1) is 5.56 Å². The van der Waals surface area contributed by atoms with Crippen LogP contribution in [-0.4, -0.2) is 26.1 Å². The van der Waals surface area contributed by atoms with Gasteiger partial charge >= 0.3 is 12.4 Å². The fourth-order valence-corrected chi connectivity index (χ4v) is 3.25. The first kappa shape index (κ1) is 22.0. The highest BCUT2D eigenvalue weighted by Crippen LogP contribution is 2.37. The Morgan fingerprint density at radius 1 is 0.970 bits per heavy atom. The molecule has 1 aromatic carbocycles. The van der Waals surface area contributed by atoms with Crippen molar-refractivity contribution in [2.45, 2.75) is 12.4 Å². The number of hydrogen-bond donors (Lipinski definition) is 3. The summed E-state index contributed by atoms with van der Waals surface area (Å²) in [7, 11) is 0. The number of fused-ring (bicyclic) bond motifs is 1. The molecule has 3 aromatic heterocycles. The van der Waals surface area contributed by atoms with Crippen LogP contribution in [0.5, 0.6) is 0 Å². The van der Waals surface area contributed by atoms with Gasteiger partial charge in [0.25, 0.3) is 11.5 Å². The number of alkyl halides is 6. The smallest absolute Gasteiger partial charge is 0.329 e. The van der Waals surface area contributed by atoms with Gasteiger partial charge in [0.2, 0.25) is 0 Å². The summed E-state index contributed by atoms with van der Waals surface area (Å²) in [5, 5.41) is 7.82. The Labute approximate surface area is 179 Å². The van der Waals surface area contributed by atoms with Crippen molar-refractivity contribution >= 4 is 22.4 Å². The Bertz CT molecular complexity index is 1420. The first-order chi connectivity index (χ1) is 15.5. The third kappa shape index (κ3) is 4.16. The second kappa shape index (κ2) is 7.76. The minimum absolute atomic E-state index is 0.0428. The SMILES string of the molecule is O=C(Nc1ccnc(C(F)(F)F)c1)c1c(-c2cccc3c(=O)[nH]ccc23)n[nH]c1C(F)(F)F. The van der Waals surface area contributed by atoms with E-state index in [4.69, 9.17) is 0 Å². The van der Waals surface area contributed by atoms with E-state index in [2.05, 4.69) is 15.1 Å². The lowest BCUT2D eigenvalue weighted by atomic mass is 9.99. The van der Waals surface area contributed by atoms with E-state index in [1.807, 2.05) is 5.32 Å². The molecule has 0 aliphatic heterocycles. The van der Waals surface area contributed by atoms with Crippen molar-refractivity contribution in [3.05, 3.63) is 76.1 Å². The van der Waals surface area contributed by atoms with E-state index in [0.29, 0.717) is 6.07 Å². The normalized spacial score (nSPS) is 12.2. The number of carbonyl (C=O) groups excluding carboxylic acids is 1. The molecule has 3 heterocycles. The highest BCUT2D eigenvalue weighted by atomic mass is 19.4. The van der Waals surface area contributed by atoms with Crippen LogP contribution >= 0.6 is 0 Å². The lowest BCUT2D eigenvalue weighted by Crippen LogP contribution is -2.19. The molecule has 0 fully saturated rings. The number of carbonyl (C=O) groups is 1. The van der Waals surface area contributed by atoms with Crippen LogP contribution in [-0.2, 0) is 12.4 Å². The second-order valence-electron chi connectivity index (χ2n) is 6.78.